The Morgan fingerprint density at radius 3 is 2.90 bits per heavy atom. The van der Waals surface area contributed by atoms with E-state index in [1.54, 1.807) is 7.11 Å². The van der Waals surface area contributed by atoms with E-state index in [9.17, 15) is 0 Å². The van der Waals surface area contributed by atoms with Gasteiger partial charge in [0.15, 0.2) is 0 Å². The van der Waals surface area contributed by atoms with Crippen LogP contribution in [0.2, 0.25) is 0 Å². The largest absolute Gasteiger partial charge is 0.382 e. The van der Waals surface area contributed by atoms with Crippen molar-refractivity contribution in [1.29, 1.82) is 0 Å². The van der Waals surface area contributed by atoms with Crippen LogP contribution in [0.25, 0.3) is 0 Å². The van der Waals surface area contributed by atoms with Crippen molar-refractivity contribution in [2.75, 3.05) is 13.7 Å². The van der Waals surface area contributed by atoms with Gasteiger partial charge in [0.25, 0.3) is 0 Å². The lowest BCUT2D eigenvalue weighted by molar-refractivity contribution is 0.131. The van der Waals surface area contributed by atoms with Crippen LogP contribution in [0.15, 0.2) is 4.99 Å². The highest BCUT2D eigenvalue weighted by atomic mass is 16.5. The summed E-state index contributed by atoms with van der Waals surface area (Å²) in [5, 5.41) is 0. The van der Waals surface area contributed by atoms with Crippen molar-refractivity contribution in [2.45, 2.75) is 31.7 Å². The predicted molar refractivity (Wildman–Crippen MR) is 42.6 cm³/mol. The first-order valence-electron chi connectivity index (χ1n) is 3.85. The highest BCUT2D eigenvalue weighted by Gasteiger charge is 2.28. The van der Waals surface area contributed by atoms with Gasteiger partial charge in [-0.05, 0) is 25.5 Å². The van der Waals surface area contributed by atoms with Crippen molar-refractivity contribution in [3.8, 4) is 0 Å². The lowest BCUT2D eigenvalue weighted by atomic mass is 9.95. The van der Waals surface area contributed by atoms with Crippen LogP contribution >= 0.6 is 0 Å². The van der Waals surface area contributed by atoms with Gasteiger partial charge in [0.1, 0.15) is 0 Å². The number of hydrogen-bond donors (Lipinski definition) is 0. The molecule has 1 aliphatic heterocycles. The molecular weight excluding hydrogens is 126 g/mol. The maximum atomic E-state index is 5.11. The molecule has 0 saturated carbocycles. The van der Waals surface area contributed by atoms with E-state index < -0.39 is 0 Å². The molecule has 0 aliphatic carbocycles. The summed E-state index contributed by atoms with van der Waals surface area (Å²) in [6.45, 7) is 2.95. The van der Waals surface area contributed by atoms with Gasteiger partial charge in [0.05, 0.1) is 12.1 Å². The summed E-state index contributed by atoms with van der Waals surface area (Å²) in [7, 11) is 1.74. The zero-order chi connectivity index (χ0) is 7.45. The maximum Gasteiger partial charge on any atom is 0.0837 e. The third-order valence-electron chi connectivity index (χ3n) is 2.18. The van der Waals surface area contributed by atoms with Crippen LogP contribution in [0, 0.1) is 0 Å². The summed E-state index contributed by atoms with van der Waals surface area (Å²) < 4.78 is 5.11. The number of methoxy groups -OCH3 is 1. The molecule has 2 heteroatoms. The normalized spacial score (nSPS) is 31.4. The lowest BCUT2D eigenvalue weighted by Crippen LogP contribution is -2.28. The molecule has 1 atom stereocenters. The second kappa shape index (κ2) is 3.15. The second-order valence-electron chi connectivity index (χ2n) is 2.86. The van der Waals surface area contributed by atoms with E-state index in [4.69, 9.17) is 4.74 Å². The molecule has 0 aromatic rings. The topological polar surface area (TPSA) is 21.6 Å². The summed E-state index contributed by atoms with van der Waals surface area (Å²) in [5.74, 6) is 0. The molecule has 2 nitrogen and oxygen atoms in total. The Morgan fingerprint density at radius 1 is 1.70 bits per heavy atom. The van der Waals surface area contributed by atoms with Gasteiger partial charge in [-0.25, -0.2) is 0 Å². The van der Waals surface area contributed by atoms with Gasteiger partial charge in [-0.3, -0.25) is 4.99 Å². The predicted octanol–water partition coefficient (Wildman–Crippen LogP) is 1.65. The Hall–Kier alpha value is -0.370. The van der Waals surface area contributed by atoms with Gasteiger partial charge in [-0.1, -0.05) is 6.92 Å². The number of rotatable bonds is 3. The minimum Gasteiger partial charge on any atom is -0.382 e. The van der Waals surface area contributed by atoms with Crippen LogP contribution in [0.3, 0.4) is 0 Å². The number of hydrogen-bond acceptors (Lipinski definition) is 2. The van der Waals surface area contributed by atoms with Crippen molar-refractivity contribution in [2.24, 2.45) is 4.99 Å². The molecular formula is C8H15NO. The van der Waals surface area contributed by atoms with E-state index in [2.05, 4.69) is 11.9 Å². The van der Waals surface area contributed by atoms with Crippen molar-refractivity contribution in [3.05, 3.63) is 0 Å². The molecule has 0 saturated heterocycles. The van der Waals surface area contributed by atoms with Crippen LogP contribution in [-0.4, -0.2) is 25.5 Å². The van der Waals surface area contributed by atoms with Gasteiger partial charge < -0.3 is 4.74 Å². The molecule has 0 fully saturated rings. The van der Waals surface area contributed by atoms with E-state index in [0.29, 0.717) is 0 Å². The standard InChI is InChI=1S/C8H15NO/c1-3-8(7-10-2)5-4-6-9-8/h6H,3-5,7H2,1-2H3. The molecule has 0 amide bonds. The maximum absolute atomic E-state index is 5.11. The average molecular weight is 141 g/mol. The fraction of sp³-hybridized carbons (Fsp3) is 0.875. The van der Waals surface area contributed by atoms with Crippen LogP contribution in [0.5, 0.6) is 0 Å². The average Bonchev–Trinajstić information content (AvgIpc) is 2.39. The molecule has 1 heterocycles. The number of aliphatic imine (C=N–C) groups is 1. The Morgan fingerprint density at radius 2 is 2.50 bits per heavy atom. The first-order valence-corrected chi connectivity index (χ1v) is 3.85. The third-order valence-corrected chi connectivity index (χ3v) is 2.18. The first kappa shape index (κ1) is 7.73. The first-order chi connectivity index (χ1) is 4.83. The summed E-state index contributed by atoms with van der Waals surface area (Å²) in [4.78, 5) is 4.43. The van der Waals surface area contributed by atoms with E-state index in [0.717, 1.165) is 25.9 Å². The highest BCUT2D eigenvalue weighted by molar-refractivity contribution is 5.61. The van der Waals surface area contributed by atoms with Gasteiger partial charge in [-0.15, -0.1) is 0 Å². The lowest BCUT2D eigenvalue weighted by Gasteiger charge is -2.22. The summed E-state index contributed by atoms with van der Waals surface area (Å²) in [6.07, 6.45) is 5.40. The Bertz CT molecular complexity index is 133. The van der Waals surface area contributed by atoms with Crippen molar-refractivity contribution in [3.63, 3.8) is 0 Å². The van der Waals surface area contributed by atoms with Crippen molar-refractivity contribution < 1.29 is 4.74 Å². The second-order valence-corrected chi connectivity index (χ2v) is 2.86. The zero-order valence-corrected chi connectivity index (χ0v) is 6.76. The molecule has 0 bridgehead atoms. The molecule has 10 heavy (non-hydrogen) atoms. The van der Waals surface area contributed by atoms with Gasteiger partial charge in [-0.2, -0.15) is 0 Å². The molecule has 0 aromatic heterocycles. The summed E-state index contributed by atoms with van der Waals surface area (Å²) in [5.41, 5.74) is 0.134. The van der Waals surface area contributed by atoms with E-state index in [-0.39, 0.29) is 5.54 Å². The van der Waals surface area contributed by atoms with Gasteiger partial charge in [0.2, 0.25) is 0 Å². The molecule has 0 N–H and O–H groups in total. The number of ether oxygens (including phenoxy) is 1. The molecule has 0 radical (unpaired) electrons. The molecule has 0 aromatic carbocycles. The molecule has 1 aliphatic rings. The third kappa shape index (κ3) is 1.37. The Balaban J connectivity index is 2.50. The SMILES string of the molecule is CCC1(COC)CCC=N1. The molecule has 0 spiro atoms. The van der Waals surface area contributed by atoms with Gasteiger partial charge in [0, 0.05) is 7.11 Å². The van der Waals surface area contributed by atoms with Crippen LogP contribution < -0.4 is 0 Å². The Labute approximate surface area is 62.3 Å². The Kier molecular flexibility index (Phi) is 2.44. The number of nitrogens with zero attached hydrogens (tertiary/aromatic N) is 1. The van der Waals surface area contributed by atoms with E-state index >= 15 is 0 Å². The summed E-state index contributed by atoms with van der Waals surface area (Å²) in [6, 6.07) is 0. The van der Waals surface area contributed by atoms with E-state index in [1.165, 1.54) is 0 Å². The van der Waals surface area contributed by atoms with Crippen LogP contribution in [-0.2, 0) is 4.74 Å². The fourth-order valence-corrected chi connectivity index (χ4v) is 1.40. The quantitative estimate of drug-likeness (QED) is 0.585. The van der Waals surface area contributed by atoms with Crippen LogP contribution in [0.4, 0.5) is 0 Å². The molecule has 1 unspecified atom stereocenters. The van der Waals surface area contributed by atoms with Crippen molar-refractivity contribution >= 4 is 6.21 Å². The molecule has 58 valence electrons. The van der Waals surface area contributed by atoms with Gasteiger partial charge >= 0.3 is 0 Å². The fourth-order valence-electron chi connectivity index (χ4n) is 1.40. The summed E-state index contributed by atoms with van der Waals surface area (Å²) >= 11 is 0. The minimum atomic E-state index is 0.134. The minimum absolute atomic E-state index is 0.134. The van der Waals surface area contributed by atoms with Crippen LogP contribution in [0.1, 0.15) is 26.2 Å². The zero-order valence-electron chi connectivity index (χ0n) is 6.76. The smallest absolute Gasteiger partial charge is 0.0837 e. The highest BCUT2D eigenvalue weighted by Crippen LogP contribution is 2.26. The van der Waals surface area contributed by atoms with Crippen molar-refractivity contribution in [1.82, 2.24) is 0 Å². The monoisotopic (exact) mass is 141 g/mol. The molecule has 1 rings (SSSR count). The van der Waals surface area contributed by atoms with E-state index in [1.807, 2.05) is 6.21 Å².